The number of para-hydroxylation sites is 1. The summed E-state index contributed by atoms with van der Waals surface area (Å²) in [7, 11) is 0. The highest BCUT2D eigenvalue weighted by atomic mass is 19.1. The van der Waals surface area contributed by atoms with E-state index in [9.17, 15) is 9.18 Å². The van der Waals surface area contributed by atoms with Crippen LogP contribution in [0, 0.1) is 5.82 Å². The maximum absolute atomic E-state index is 13.3. The zero-order valence-electron chi connectivity index (χ0n) is 8.59. The smallest absolute Gasteiger partial charge is 0.358 e. The minimum atomic E-state index is -1.23. The molecule has 0 aliphatic carbocycles. The van der Waals surface area contributed by atoms with Gasteiger partial charge in [0.25, 0.3) is 0 Å². The number of aromatic carboxylic acids is 1. The van der Waals surface area contributed by atoms with E-state index in [2.05, 4.69) is 15.3 Å². The van der Waals surface area contributed by atoms with Gasteiger partial charge in [0.1, 0.15) is 5.82 Å². The minimum absolute atomic E-state index is 0.00472. The molecule has 1 aromatic heterocycles. The number of nitrogens with zero attached hydrogens (tertiary/aromatic N) is 2. The van der Waals surface area contributed by atoms with Gasteiger partial charge in [0.05, 0.1) is 5.69 Å². The fraction of sp³-hybridized carbons (Fsp3) is 0. The summed E-state index contributed by atoms with van der Waals surface area (Å²) in [6.07, 6.45) is 2.59. The number of aromatic nitrogens is 2. The van der Waals surface area contributed by atoms with Crippen molar-refractivity contribution in [1.82, 2.24) is 9.97 Å². The van der Waals surface area contributed by atoms with Crippen molar-refractivity contribution in [3.63, 3.8) is 0 Å². The van der Waals surface area contributed by atoms with Crippen molar-refractivity contribution in [2.45, 2.75) is 0 Å². The molecule has 0 atom stereocenters. The second-order valence-electron chi connectivity index (χ2n) is 3.16. The Morgan fingerprint density at radius 3 is 2.65 bits per heavy atom. The van der Waals surface area contributed by atoms with E-state index in [1.54, 1.807) is 6.07 Å². The third-order valence-electron chi connectivity index (χ3n) is 2.03. The first-order chi connectivity index (χ1) is 8.18. The molecule has 6 heteroatoms. The summed E-state index contributed by atoms with van der Waals surface area (Å²) in [5, 5.41) is 11.5. The van der Waals surface area contributed by atoms with E-state index in [1.165, 1.54) is 30.6 Å². The molecule has 0 fully saturated rings. The summed E-state index contributed by atoms with van der Waals surface area (Å²) in [6.45, 7) is 0. The number of benzene rings is 1. The fourth-order valence-electron chi connectivity index (χ4n) is 1.28. The SMILES string of the molecule is O=C(O)c1nccnc1Nc1ccccc1F. The van der Waals surface area contributed by atoms with Crippen LogP contribution in [-0.2, 0) is 0 Å². The maximum Gasteiger partial charge on any atom is 0.358 e. The number of rotatable bonds is 3. The maximum atomic E-state index is 13.3. The van der Waals surface area contributed by atoms with Crippen molar-refractivity contribution in [1.29, 1.82) is 0 Å². The molecule has 0 amide bonds. The lowest BCUT2D eigenvalue weighted by atomic mass is 10.3. The molecular formula is C11H8FN3O2. The lowest BCUT2D eigenvalue weighted by Crippen LogP contribution is -2.07. The van der Waals surface area contributed by atoms with Gasteiger partial charge in [-0.2, -0.15) is 0 Å². The average molecular weight is 233 g/mol. The Morgan fingerprint density at radius 2 is 1.94 bits per heavy atom. The molecule has 17 heavy (non-hydrogen) atoms. The summed E-state index contributed by atoms with van der Waals surface area (Å²) in [5.74, 6) is -1.71. The van der Waals surface area contributed by atoms with Crippen LogP contribution < -0.4 is 5.32 Å². The van der Waals surface area contributed by atoms with Gasteiger partial charge >= 0.3 is 5.97 Å². The van der Waals surface area contributed by atoms with E-state index in [4.69, 9.17) is 5.11 Å². The normalized spacial score (nSPS) is 9.94. The monoisotopic (exact) mass is 233 g/mol. The second-order valence-corrected chi connectivity index (χ2v) is 3.16. The Morgan fingerprint density at radius 1 is 1.24 bits per heavy atom. The van der Waals surface area contributed by atoms with Crippen LogP contribution in [-0.4, -0.2) is 21.0 Å². The number of anilines is 2. The van der Waals surface area contributed by atoms with Gasteiger partial charge in [-0.15, -0.1) is 0 Å². The van der Waals surface area contributed by atoms with Crippen LogP contribution in [0.1, 0.15) is 10.5 Å². The topological polar surface area (TPSA) is 75.1 Å². The third-order valence-corrected chi connectivity index (χ3v) is 2.03. The molecule has 0 aliphatic rings. The van der Waals surface area contributed by atoms with Crippen LogP contribution in [0.4, 0.5) is 15.9 Å². The first-order valence-electron chi connectivity index (χ1n) is 4.74. The number of carboxylic acids is 1. The number of hydrogen-bond donors (Lipinski definition) is 2. The molecular weight excluding hydrogens is 225 g/mol. The Kier molecular flexibility index (Phi) is 2.95. The summed E-state index contributed by atoms with van der Waals surface area (Å²) in [6, 6.07) is 5.91. The molecule has 0 unspecified atom stereocenters. The molecule has 86 valence electrons. The summed E-state index contributed by atoms with van der Waals surface area (Å²) in [4.78, 5) is 18.3. The predicted octanol–water partition coefficient (Wildman–Crippen LogP) is 2.06. The third kappa shape index (κ3) is 2.36. The van der Waals surface area contributed by atoms with Gasteiger partial charge in [-0.3, -0.25) is 0 Å². The molecule has 0 radical (unpaired) electrons. The first-order valence-corrected chi connectivity index (χ1v) is 4.74. The molecule has 0 aliphatic heterocycles. The Bertz CT molecular complexity index is 560. The molecule has 1 heterocycles. The van der Waals surface area contributed by atoms with E-state index in [0.29, 0.717) is 0 Å². The highest BCUT2D eigenvalue weighted by molar-refractivity contribution is 5.91. The summed E-state index contributed by atoms with van der Waals surface area (Å²) >= 11 is 0. The lowest BCUT2D eigenvalue weighted by Gasteiger charge is -2.07. The van der Waals surface area contributed by atoms with Crippen molar-refractivity contribution < 1.29 is 14.3 Å². The highest BCUT2D eigenvalue weighted by Gasteiger charge is 2.13. The van der Waals surface area contributed by atoms with E-state index in [1.807, 2.05) is 0 Å². The van der Waals surface area contributed by atoms with Gasteiger partial charge in [-0.05, 0) is 12.1 Å². The van der Waals surface area contributed by atoms with Crippen LogP contribution in [0.3, 0.4) is 0 Å². The van der Waals surface area contributed by atoms with Gasteiger partial charge in [0.2, 0.25) is 0 Å². The van der Waals surface area contributed by atoms with Crippen molar-refractivity contribution in [3.05, 3.63) is 48.2 Å². The lowest BCUT2D eigenvalue weighted by molar-refractivity contribution is 0.0691. The molecule has 2 aromatic rings. The Labute approximate surface area is 96.0 Å². The standard InChI is InChI=1S/C11H8FN3O2/c12-7-3-1-2-4-8(7)15-10-9(11(16)17)13-5-6-14-10/h1-6H,(H,14,15)(H,16,17). The van der Waals surface area contributed by atoms with Crippen LogP contribution >= 0.6 is 0 Å². The minimum Gasteiger partial charge on any atom is -0.476 e. The zero-order valence-corrected chi connectivity index (χ0v) is 8.59. The van der Waals surface area contributed by atoms with Gasteiger partial charge < -0.3 is 10.4 Å². The number of halogens is 1. The van der Waals surface area contributed by atoms with Crippen molar-refractivity contribution >= 4 is 17.5 Å². The van der Waals surface area contributed by atoms with Crippen molar-refractivity contribution in [2.24, 2.45) is 0 Å². The Hall–Kier alpha value is -2.50. The number of carboxylic acid groups (broad SMARTS) is 1. The predicted molar refractivity (Wildman–Crippen MR) is 58.7 cm³/mol. The number of nitrogens with one attached hydrogen (secondary N) is 1. The van der Waals surface area contributed by atoms with Crippen LogP contribution in [0.15, 0.2) is 36.7 Å². The highest BCUT2D eigenvalue weighted by Crippen LogP contribution is 2.19. The molecule has 0 saturated heterocycles. The zero-order chi connectivity index (χ0) is 12.3. The molecule has 1 aromatic carbocycles. The fourth-order valence-corrected chi connectivity index (χ4v) is 1.28. The first kappa shape index (κ1) is 11.0. The molecule has 0 spiro atoms. The molecule has 2 rings (SSSR count). The quantitative estimate of drug-likeness (QED) is 0.848. The molecule has 0 saturated carbocycles. The molecule has 2 N–H and O–H groups in total. The van der Waals surface area contributed by atoms with Crippen LogP contribution in [0.2, 0.25) is 0 Å². The van der Waals surface area contributed by atoms with Crippen LogP contribution in [0.25, 0.3) is 0 Å². The van der Waals surface area contributed by atoms with E-state index in [0.717, 1.165) is 0 Å². The van der Waals surface area contributed by atoms with Crippen molar-refractivity contribution in [3.8, 4) is 0 Å². The van der Waals surface area contributed by atoms with Gasteiger partial charge in [0.15, 0.2) is 11.5 Å². The Balaban J connectivity index is 2.37. The van der Waals surface area contributed by atoms with Crippen molar-refractivity contribution in [2.75, 3.05) is 5.32 Å². The number of hydrogen-bond acceptors (Lipinski definition) is 4. The van der Waals surface area contributed by atoms with Gasteiger partial charge in [-0.25, -0.2) is 19.2 Å². The van der Waals surface area contributed by atoms with E-state index < -0.39 is 11.8 Å². The largest absolute Gasteiger partial charge is 0.476 e. The number of carbonyl (C=O) groups is 1. The molecule has 5 nitrogen and oxygen atoms in total. The average Bonchev–Trinajstić information content (AvgIpc) is 2.32. The van der Waals surface area contributed by atoms with Gasteiger partial charge in [0, 0.05) is 12.4 Å². The van der Waals surface area contributed by atoms with Crippen LogP contribution in [0.5, 0.6) is 0 Å². The van der Waals surface area contributed by atoms with E-state index >= 15 is 0 Å². The van der Waals surface area contributed by atoms with E-state index in [-0.39, 0.29) is 17.2 Å². The summed E-state index contributed by atoms with van der Waals surface area (Å²) < 4.78 is 13.3. The van der Waals surface area contributed by atoms with Gasteiger partial charge in [-0.1, -0.05) is 12.1 Å². The summed E-state index contributed by atoms with van der Waals surface area (Å²) in [5.41, 5.74) is -0.105. The second kappa shape index (κ2) is 4.56. The molecule has 0 bridgehead atoms.